The van der Waals surface area contributed by atoms with Crippen LogP contribution in [0.2, 0.25) is 0 Å². The Morgan fingerprint density at radius 1 is 1.36 bits per heavy atom. The lowest BCUT2D eigenvalue weighted by molar-refractivity contribution is 0.586. The van der Waals surface area contributed by atoms with E-state index < -0.39 is 9.84 Å². The molecule has 0 aromatic carbocycles. The predicted molar refractivity (Wildman–Crippen MR) is 55.5 cm³/mol. The molecule has 2 rings (SSSR count). The van der Waals surface area contributed by atoms with E-state index in [1.165, 1.54) is 11.5 Å². The zero-order chi connectivity index (χ0) is 10.2. The van der Waals surface area contributed by atoms with Crippen molar-refractivity contribution in [1.82, 2.24) is 9.36 Å². The van der Waals surface area contributed by atoms with Gasteiger partial charge in [-0.3, -0.25) is 0 Å². The quantitative estimate of drug-likeness (QED) is 0.687. The fourth-order valence-corrected chi connectivity index (χ4v) is 3.25. The molecule has 1 saturated heterocycles. The number of hydrogen-bond donors (Lipinski definition) is 0. The molecule has 1 aromatic rings. The first-order chi connectivity index (χ1) is 6.57. The van der Waals surface area contributed by atoms with Gasteiger partial charge in [0.1, 0.15) is 5.82 Å². The van der Waals surface area contributed by atoms with Crippen LogP contribution in [0.1, 0.15) is 5.82 Å². The number of hydrogen-bond acceptors (Lipinski definition) is 6. The molecule has 0 amide bonds. The van der Waals surface area contributed by atoms with Gasteiger partial charge in [0.05, 0.1) is 11.5 Å². The highest BCUT2D eigenvalue weighted by atomic mass is 32.2. The summed E-state index contributed by atoms with van der Waals surface area (Å²) in [4.78, 5) is 6.20. The molecule has 0 radical (unpaired) electrons. The average Bonchev–Trinajstić information content (AvgIpc) is 2.52. The predicted octanol–water partition coefficient (Wildman–Crippen LogP) is 0.0813. The van der Waals surface area contributed by atoms with E-state index in [4.69, 9.17) is 0 Å². The summed E-state index contributed by atoms with van der Waals surface area (Å²) in [7, 11) is -2.80. The Labute approximate surface area is 86.9 Å². The largest absolute Gasteiger partial charge is 0.345 e. The summed E-state index contributed by atoms with van der Waals surface area (Å²) in [6, 6.07) is 0. The van der Waals surface area contributed by atoms with Crippen molar-refractivity contribution >= 4 is 26.5 Å². The molecular formula is C7H11N3O2S2. The van der Waals surface area contributed by atoms with E-state index in [0.29, 0.717) is 13.1 Å². The van der Waals surface area contributed by atoms with E-state index in [-0.39, 0.29) is 11.5 Å². The highest BCUT2D eigenvalue weighted by Gasteiger charge is 2.23. The van der Waals surface area contributed by atoms with Gasteiger partial charge in [0.15, 0.2) is 9.84 Å². The minimum absolute atomic E-state index is 0.228. The topological polar surface area (TPSA) is 63.2 Å². The summed E-state index contributed by atoms with van der Waals surface area (Å²) in [5, 5.41) is 0.831. The van der Waals surface area contributed by atoms with Gasteiger partial charge in [0.2, 0.25) is 5.13 Å². The maximum Gasteiger partial charge on any atom is 0.205 e. The second-order valence-electron chi connectivity index (χ2n) is 3.26. The first-order valence-electron chi connectivity index (χ1n) is 4.32. The van der Waals surface area contributed by atoms with Crippen LogP contribution in [-0.4, -0.2) is 42.4 Å². The Hall–Kier alpha value is -0.690. The van der Waals surface area contributed by atoms with Crippen molar-refractivity contribution in [3.05, 3.63) is 5.82 Å². The van der Waals surface area contributed by atoms with E-state index in [9.17, 15) is 8.42 Å². The Bertz CT molecular complexity index is 412. The van der Waals surface area contributed by atoms with Gasteiger partial charge in [0.25, 0.3) is 0 Å². The van der Waals surface area contributed by atoms with E-state index in [1.54, 1.807) is 0 Å². The van der Waals surface area contributed by atoms with E-state index in [2.05, 4.69) is 9.36 Å². The van der Waals surface area contributed by atoms with Crippen LogP contribution in [0.15, 0.2) is 0 Å². The Kier molecular flexibility index (Phi) is 2.44. The number of aryl methyl sites for hydroxylation is 1. The molecule has 1 aliphatic heterocycles. The summed E-state index contributed by atoms with van der Waals surface area (Å²) in [5.74, 6) is 1.20. The first kappa shape index (κ1) is 9.85. The zero-order valence-electron chi connectivity index (χ0n) is 7.80. The average molecular weight is 233 g/mol. The summed E-state index contributed by atoms with van der Waals surface area (Å²) >= 11 is 1.33. The molecule has 0 unspecified atom stereocenters. The third kappa shape index (κ3) is 2.03. The molecule has 0 bridgehead atoms. The van der Waals surface area contributed by atoms with E-state index in [0.717, 1.165) is 11.0 Å². The van der Waals surface area contributed by atoms with Gasteiger partial charge in [-0.1, -0.05) is 0 Å². The monoisotopic (exact) mass is 233 g/mol. The molecule has 14 heavy (non-hydrogen) atoms. The van der Waals surface area contributed by atoms with Gasteiger partial charge >= 0.3 is 0 Å². The molecular weight excluding hydrogens is 222 g/mol. The van der Waals surface area contributed by atoms with Crippen molar-refractivity contribution in [1.29, 1.82) is 0 Å². The Morgan fingerprint density at radius 3 is 2.50 bits per heavy atom. The minimum atomic E-state index is -2.80. The second kappa shape index (κ2) is 3.47. The molecule has 7 heteroatoms. The zero-order valence-corrected chi connectivity index (χ0v) is 9.44. The lowest BCUT2D eigenvalue weighted by Gasteiger charge is -2.25. The SMILES string of the molecule is Cc1nsc(N2CCS(=O)(=O)CC2)n1. The second-order valence-corrected chi connectivity index (χ2v) is 6.30. The van der Waals surface area contributed by atoms with Crippen LogP contribution in [0.25, 0.3) is 0 Å². The molecule has 0 aliphatic carbocycles. The van der Waals surface area contributed by atoms with Crippen molar-refractivity contribution in [3.63, 3.8) is 0 Å². The summed E-state index contributed by atoms with van der Waals surface area (Å²) in [6.07, 6.45) is 0. The van der Waals surface area contributed by atoms with Crippen molar-refractivity contribution in [2.45, 2.75) is 6.92 Å². The fourth-order valence-electron chi connectivity index (χ4n) is 1.32. The highest BCUT2D eigenvalue weighted by molar-refractivity contribution is 7.91. The summed E-state index contributed by atoms with van der Waals surface area (Å²) < 4.78 is 26.4. The van der Waals surface area contributed by atoms with Crippen LogP contribution in [0, 0.1) is 6.92 Å². The number of sulfone groups is 1. The molecule has 0 atom stereocenters. The molecule has 1 aromatic heterocycles. The van der Waals surface area contributed by atoms with Gasteiger partial charge in [0, 0.05) is 24.6 Å². The Balaban J connectivity index is 2.09. The molecule has 0 spiro atoms. The normalized spacial score (nSPS) is 21.1. The van der Waals surface area contributed by atoms with Gasteiger partial charge in [-0.2, -0.15) is 4.37 Å². The van der Waals surface area contributed by atoms with Gasteiger partial charge < -0.3 is 4.90 Å². The number of aromatic nitrogens is 2. The maximum atomic E-state index is 11.2. The van der Waals surface area contributed by atoms with E-state index >= 15 is 0 Å². The van der Waals surface area contributed by atoms with Gasteiger partial charge in [-0.25, -0.2) is 13.4 Å². The summed E-state index contributed by atoms with van der Waals surface area (Å²) in [5.41, 5.74) is 0. The summed E-state index contributed by atoms with van der Waals surface area (Å²) in [6.45, 7) is 2.91. The van der Waals surface area contributed by atoms with Crippen LogP contribution in [0.3, 0.4) is 0 Å². The van der Waals surface area contributed by atoms with Crippen LogP contribution in [0.4, 0.5) is 5.13 Å². The highest BCUT2D eigenvalue weighted by Crippen LogP contribution is 2.18. The van der Waals surface area contributed by atoms with Gasteiger partial charge in [-0.15, -0.1) is 0 Å². The third-order valence-corrected chi connectivity index (χ3v) is 4.61. The molecule has 2 heterocycles. The first-order valence-corrected chi connectivity index (χ1v) is 6.92. The number of anilines is 1. The fraction of sp³-hybridized carbons (Fsp3) is 0.714. The number of nitrogens with zero attached hydrogens (tertiary/aromatic N) is 3. The molecule has 0 saturated carbocycles. The van der Waals surface area contributed by atoms with Crippen molar-refractivity contribution in [3.8, 4) is 0 Å². The van der Waals surface area contributed by atoms with Crippen LogP contribution in [0.5, 0.6) is 0 Å². The van der Waals surface area contributed by atoms with Crippen molar-refractivity contribution in [2.75, 3.05) is 29.5 Å². The van der Waals surface area contributed by atoms with Gasteiger partial charge in [-0.05, 0) is 6.92 Å². The molecule has 1 aliphatic rings. The smallest absolute Gasteiger partial charge is 0.205 e. The molecule has 1 fully saturated rings. The minimum Gasteiger partial charge on any atom is -0.345 e. The molecule has 5 nitrogen and oxygen atoms in total. The number of rotatable bonds is 1. The van der Waals surface area contributed by atoms with Crippen LogP contribution in [-0.2, 0) is 9.84 Å². The Morgan fingerprint density at radius 2 is 2.00 bits per heavy atom. The van der Waals surface area contributed by atoms with Crippen LogP contribution < -0.4 is 4.90 Å². The molecule has 0 N–H and O–H groups in total. The molecule has 78 valence electrons. The lowest BCUT2D eigenvalue weighted by Crippen LogP contribution is -2.40. The third-order valence-electron chi connectivity index (χ3n) is 2.13. The van der Waals surface area contributed by atoms with Crippen molar-refractivity contribution < 1.29 is 8.42 Å². The van der Waals surface area contributed by atoms with Crippen molar-refractivity contribution in [2.24, 2.45) is 0 Å². The lowest BCUT2D eigenvalue weighted by atomic mass is 10.5. The van der Waals surface area contributed by atoms with Crippen LogP contribution >= 0.6 is 11.5 Å². The maximum absolute atomic E-state index is 11.2. The van der Waals surface area contributed by atoms with E-state index in [1.807, 2.05) is 11.8 Å². The standard InChI is InChI=1S/C7H11N3O2S2/c1-6-8-7(13-9-6)10-2-4-14(11,12)5-3-10/h2-5H2,1H3.